The molecule has 3 aromatic carbocycles. The van der Waals surface area contributed by atoms with Gasteiger partial charge in [-0.3, -0.25) is 4.79 Å². The first-order valence-corrected chi connectivity index (χ1v) is 10.5. The van der Waals surface area contributed by atoms with Crippen LogP contribution in [0.2, 0.25) is 0 Å². The lowest BCUT2D eigenvalue weighted by Crippen LogP contribution is -2.19. The third kappa shape index (κ3) is 7.01. The van der Waals surface area contributed by atoms with Gasteiger partial charge in [-0.05, 0) is 60.7 Å². The second-order valence-electron chi connectivity index (χ2n) is 6.35. The standard InChI is InChI=1S/C22H18F3N3OS2/c23-22(24,25)18-8-4-5-9-19(18)28-20(29)14-31-17-12-10-16(11-13-17)27-21(30)26-15-6-2-1-3-7-15/h1-13H,14H2,(H,28,29)(H2,26,27,30). The number of para-hydroxylation sites is 2. The van der Waals surface area contributed by atoms with Gasteiger partial charge >= 0.3 is 6.18 Å². The number of halogens is 3. The normalized spacial score (nSPS) is 10.9. The Morgan fingerprint density at radius 1 is 0.806 bits per heavy atom. The van der Waals surface area contributed by atoms with Crippen LogP contribution in [0.15, 0.2) is 83.8 Å². The summed E-state index contributed by atoms with van der Waals surface area (Å²) in [6.07, 6.45) is -4.53. The van der Waals surface area contributed by atoms with Crippen molar-refractivity contribution in [2.45, 2.75) is 11.1 Å². The number of thioether (sulfide) groups is 1. The third-order valence-electron chi connectivity index (χ3n) is 4.02. The average molecular weight is 462 g/mol. The van der Waals surface area contributed by atoms with Gasteiger partial charge in [0.1, 0.15) is 0 Å². The summed E-state index contributed by atoms with van der Waals surface area (Å²) < 4.78 is 39.1. The van der Waals surface area contributed by atoms with Crippen LogP contribution in [0.25, 0.3) is 0 Å². The van der Waals surface area contributed by atoms with Crippen LogP contribution in [0.5, 0.6) is 0 Å². The second kappa shape index (κ2) is 10.3. The van der Waals surface area contributed by atoms with Gasteiger partial charge in [-0.25, -0.2) is 0 Å². The van der Waals surface area contributed by atoms with E-state index in [1.54, 1.807) is 24.3 Å². The zero-order valence-corrected chi connectivity index (χ0v) is 17.7. The first-order chi connectivity index (χ1) is 14.8. The SMILES string of the molecule is O=C(CSc1ccc(NC(=S)Nc2ccccc2)cc1)Nc1ccccc1C(F)(F)F. The molecule has 3 aromatic rings. The fraction of sp³-hybridized carbons (Fsp3) is 0.0909. The van der Waals surface area contributed by atoms with E-state index in [0.29, 0.717) is 5.11 Å². The van der Waals surface area contributed by atoms with E-state index in [-0.39, 0.29) is 11.4 Å². The minimum atomic E-state index is -4.53. The van der Waals surface area contributed by atoms with Crippen LogP contribution in [-0.2, 0) is 11.0 Å². The number of carbonyl (C=O) groups excluding carboxylic acids is 1. The molecule has 31 heavy (non-hydrogen) atoms. The van der Waals surface area contributed by atoms with E-state index in [4.69, 9.17) is 12.2 Å². The molecule has 0 saturated heterocycles. The third-order valence-corrected chi connectivity index (χ3v) is 5.24. The van der Waals surface area contributed by atoms with Gasteiger partial charge in [0.15, 0.2) is 5.11 Å². The van der Waals surface area contributed by atoms with Gasteiger partial charge in [0, 0.05) is 16.3 Å². The summed E-state index contributed by atoms with van der Waals surface area (Å²) >= 11 is 6.50. The van der Waals surface area contributed by atoms with E-state index in [2.05, 4.69) is 16.0 Å². The topological polar surface area (TPSA) is 53.2 Å². The zero-order valence-electron chi connectivity index (χ0n) is 16.1. The van der Waals surface area contributed by atoms with Gasteiger partial charge < -0.3 is 16.0 Å². The molecular weight excluding hydrogens is 443 g/mol. The highest BCUT2D eigenvalue weighted by atomic mass is 32.2. The Balaban J connectivity index is 1.50. The molecule has 0 unspecified atom stereocenters. The molecular formula is C22H18F3N3OS2. The van der Waals surface area contributed by atoms with Crippen molar-refractivity contribution in [1.82, 2.24) is 0 Å². The van der Waals surface area contributed by atoms with Gasteiger partial charge in [0.05, 0.1) is 17.0 Å². The summed E-state index contributed by atoms with van der Waals surface area (Å²) in [4.78, 5) is 12.9. The molecule has 3 N–H and O–H groups in total. The summed E-state index contributed by atoms with van der Waals surface area (Å²) in [5, 5.41) is 8.90. The number of hydrogen-bond donors (Lipinski definition) is 3. The van der Waals surface area contributed by atoms with Gasteiger partial charge in [-0.2, -0.15) is 13.2 Å². The van der Waals surface area contributed by atoms with Crippen LogP contribution in [0, 0.1) is 0 Å². The minimum absolute atomic E-state index is 0.0209. The monoisotopic (exact) mass is 461 g/mol. The van der Waals surface area contributed by atoms with Crippen molar-refractivity contribution in [1.29, 1.82) is 0 Å². The van der Waals surface area contributed by atoms with Crippen LogP contribution < -0.4 is 16.0 Å². The molecule has 0 aliphatic heterocycles. The largest absolute Gasteiger partial charge is 0.418 e. The Labute approximate surface area is 187 Å². The number of hydrogen-bond acceptors (Lipinski definition) is 3. The maximum absolute atomic E-state index is 13.0. The molecule has 1 amide bonds. The number of thiocarbonyl (C=S) groups is 1. The van der Waals surface area contributed by atoms with Crippen molar-refractivity contribution in [2.24, 2.45) is 0 Å². The summed E-state index contributed by atoms with van der Waals surface area (Å²) in [5.74, 6) is -0.537. The summed E-state index contributed by atoms with van der Waals surface area (Å²) in [7, 11) is 0. The number of carbonyl (C=O) groups is 1. The Morgan fingerprint density at radius 2 is 1.39 bits per heavy atom. The van der Waals surface area contributed by atoms with E-state index < -0.39 is 17.6 Å². The van der Waals surface area contributed by atoms with E-state index in [9.17, 15) is 18.0 Å². The van der Waals surface area contributed by atoms with Crippen molar-refractivity contribution in [3.63, 3.8) is 0 Å². The van der Waals surface area contributed by atoms with Crippen molar-refractivity contribution in [3.05, 3.63) is 84.4 Å². The Hall–Kier alpha value is -3.04. The van der Waals surface area contributed by atoms with Gasteiger partial charge in [0.2, 0.25) is 5.91 Å². The molecule has 0 aliphatic rings. The fourth-order valence-electron chi connectivity index (χ4n) is 2.62. The molecule has 3 rings (SSSR count). The molecule has 160 valence electrons. The molecule has 0 spiro atoms. The Bertz CT molecular complexity index is 1040. The van der Waals surface area contributed by atoms with E-state index in [1.165, 1.54) is 30.0 Å². The highest BCUT2D eigenvalue weighted by molar-refractivity contribution is 8.00. The summed E-state index contributed by atoms with van der Waals surface area (Å²) in [5.41, 5.74) is 0.509. The molecule has 9 heteroatoms. The van der Waals surface area contributed by atoms with Crippen LogP contribution in [0.4, 0.5) is 30.2 Å². The Kier molecular flexibility index (Phi) is 7.54. The van der Waals surface area contributed by atoms with Crippen LogP contribution in [0.1, 0.15) is 5.56 Å². The molecule has 0 bridgehead atoms. The van der Waals surface area contributed by atoms with E-state index in [1.807, 2.05) is 30.3 Å². The van der Waals surface area contributed by atoms with E-state index >= 15 is 0 Å². The van der Waals surface area contributed by atoms with Gasteiger partial charge in [-0.1, -0.05) is 30.3 Å². The second-order valence-corrected chi connectivity index (χ2v) is 7.81. The molecule has 0 aromatic heterocycles. The lowest BCUT2D eigenvalue weighted by Gasteiger charge is -2.13. The lowest BCUT2D eigenvalue weighted by molar-refractivity contribution is -0.137. The fourth-order valence-corrected chi connectivity index (χ4v) is 3.56. The van der Waals surface area contributed by atoms with Crippen molar-refractivity contribution in [3.8, 4) is 0 Å². The molecule has 0 aliphatic carbocycles. The first-order valence-electron chi connectivity index (χ1n) is 9.13. The molecule has 0 radical (unpaired) electrons. The predicted octanol–water partition coefficient (Wildman–Crippen LogP) is 6.25. The minimum Gasteiger partial charge on any atom is -0.332 e. The van der Waals surface area contributed by atoms with E-state index in [0.717, 1.165) is 22.3 Å². The number of rotatable bonds is 6. The van der Waals surface area contributed by atoms with Crippen molar-refractivity contribution in [2.75, 3.05) is 21.7 Å². The van der Waals surface area contributed by atoms with Crippen LogP contribution in [-0.4, -0.2) is 16.8 Å². The van der Waals surface area contributed by atoms with Crippen LogP contribution >= 0.6 is 24.0 Å². The maximum atomic E-state index is 13.0. The highest BCUT2D eigenvalue weighted by Crippen LogP contribution is 2.34. The molecule has 0 heterocycles. The number of benzene rings is 3. The van der Waals surface area contributed by atoms with Crippen molar-refractivity contribution < 1.29 is 18.0 Å². The van der Waals surface area contributed by atoms with Crippen molar-refractivity contribution >= 4 is 52.1 Å². The lowest BCUT2D eigenvalue weighted by atomic mass is 10.1. The molecule has 0 saturated carbocycles. The quantitative estimate of drug-likeness (QED) is 0.299. The maximum Gasteiger partial charge on any atom is 0.418 e. The van der Waals surface area contributed by atoms with Gasteiger partial charge in [-0.15, -0.1) is 11.8 Å². The average Bonchev–Trinajstić information content (AvgIpc) is 2.73. The summed E-state index contributed by atoms with van der Waals surface area (Å²) in [6.45, 7) is 0. The zero-order chi connectivity index (χ0) is 22.3. The number of amides is 1. The predicted molar refractivity (Wildman–Crippen MR) is 124 cm³/mol. The molecule has 4 nitrogen and oxygen atoms in total. The number of alkyl halides is 3. The molecule has 0 fully saturated rings. The Morgan fingerprint density at radius 3 is 2.03 bits per heavy atom. The smallest absolute Gasteiger partial charge is 0.332 e. The van der Waals surface area contributed by atoms with Gasteiger partial charge in [0.25, 0.3) is 0 Å². The highest BCUT2D eigenvalue weighted by Gasteiger charge is 2.33. The number of nitrogens with one attached hydrogen (secondary N) is 3. The first kappa shape index (κ1) is 22.6. The number of anilines is 3. The summed E-state index contributed by atoms with van der Waals surface area (Å²) in [6, 6.07) is 21.6. The molecule has 0 atom stereocenters. The van der Waals surface area contributed by atoms with Crippen LogP contribution in [0.3, 0.4) is 0 Å².